The number of hydrogen-bond acceptors (Lipinski definition) is 5. The molecule has 1 unspecified atom stereocenters. The second-order valence-corrected chi connectivity index (χ2v) is 6.84. The number of aromatic nitrogens is 4. The molecule has 0 bridgehead atoms. The van der Waals surface area contributed by atoms with Crippen LogP contribution in [0.25, 0.3) is 4.96 Å². The van der Waals surface area contributed by atoms with Gasteiger partial charge < -0.3 is 5.73 Å². The maximum Gasteiger partial charge on any atom is 0.234 e. The van der Waals surface area contributed by atoms with E-state index in [2.05, 4.69) is 17.1 Å². The van der Waals surface area contributed by atoms with Crippen LogP contribution in [-0.2, 0) is 6.42 Å². The standard InChI is InChI=1S/C14H23N5S/c1-2-10(9-15)8-12-18-19-13(16-17-14(19)20-12)11-6-4-3-5-7-11/h10-11H,2-9,15H2,1H3. The second-order valence-electron chi connectivity index (χ2n) is 5.80. The molecule has 6 heteroatoms. The van der Waals surface area contributed by atoms with Crippen LogP contribution in [0.4, 0.5) is 0 Å². The van der Waals surface area contributed by atoms with Gasteiger partial charge in [0.2, 0.25) is 4.96 Å². The summed E-state index contributed by atoms with van der Waals surface area (Å²) < 4.78 is 1.99. The van der Waals surface area contributed by atoms with Gasteiger partial charge in [-0.15, -0.1) is 10.2 Å². The molecular formula is C14H23N5S. The van der Waals surface area contributed by atoms with E-state index in [0.29, 0.717) is 11.8 Å². The minimum atomic E-state index is 0.525. The Morgan fingerprint density at radius 1 is 1.30 bits per heavy atom. The lowest BCUT2D eigenvalue weighted by atomic mass is 9.89. The summed E-state index contributed by atoms with van der Waals surface area (Å²) in [4.78, 5) is 0.937. The normalized spacial score (nSPS) is 18.7. The first-order valence-electron chi connectivity index (χ1n) is 7.73. The number of hydrogen-bond donors (Lipinski definition) is 1. The zero-order chi connectivity index (χ0) is 13.9. The van der Waals surface area contributed by atoms with Gasteiger partial charge in [0.25, 0.3) is 0 Å². The molecule has 0 saturated heterocycles. The summed E-state index contributed by atoms with van der Waals surface area (Å²) in [6.45, 7) is 2.91. The van der Waals surface area contributed by atoms with Crippen molar-refractivity contribution in [2.75, 3.05) is 6.54 Å². The summed E-state index contributed by atoms with van der Waals surface area (Å²) in [6, 6.07) is 0. The predicted octanol–water partition coefficient (Wildman–Crippen LogP) is 2.76. The van der Waals surface area contributed by atoms with Crippen LogP contribution in [0.3, 0.4) is 0 Å². The lowest BCUT2D eigenvalue weighted by Crippen LogP contribution is -2.16. The average Bonchev–Trinajstić information content (AvgIpc) is 3.05. The zero-order valence-corrected chi connectivity index (χ0v) is 12.9. The third-order valence-corrected chi connectivity index (χ3v) is 5.32. The van der Waals surface area contributed by atoms with Crippen LogP contribution in [0, 0.1) is 5.92 Å². The molecule has 2 aromatic heterocycles. The van der Waals surface area contributed by atoms with Crippen LogP contribution in [0.5, 0.6) is 0 Å². The third kappa shape index (κ3) is 2.72. The van der Waals surface area contributed by atoms with Crippen molar-refractivity contribution < 1.29 is 0 Å². The first-order valence-corrected chi connectivity index (χ1v) is 8.54. The summed E-state index contributed by atoms with van der Waals surface area (Å²) in [6.07, 6.45) is 8.50. The minimum Gasteiger partial charge on any atom is -0.330 e. The molecule has 1 saturated carbocycles. The maximum absolute atomic E-state index is 5.79. The predicted molar refractivity (Wildman–Crippen MR) is 81.0 cm³/mol. The highest BCUT2D eigenvalue weighted by Crippen LogP contribution is 2.32. The third-order valence-electron chi connectivity index (χ3n) is 4.40. The number of fused-ring (bicyclic) bond motifs is 1. The van der Waals surface area contributed by atoms with Gasteiger partial charge in [0.1, 0.15) is 5.01 Å². The van der Waals surface area contributed by atoms with Gasteiger partial charge in [-0.05, 0) is 25.3 Å². The molecule has 3 rings (SSSR count). The Labute approximate surface area is 123 Å². The summed E-state index contributed by atoms with van der Waals surface area (Å²) in [5, 5.41) is 14.6. The molecule has 110 valence electrons. The number of nitrogens with zero attached hydrogens (tertiary/aromatic N) is 4. The molecule has 2 N–H and O–H groups in total. The average molecular weight is 293 g/mol. The molecule has 0 radical (unpaired) electrons. The minimum absolute atomic E-state index is 0.525. The summed E-state index contributed by atoms with van der Waals surface area (Å²) in [7, 11) is 0. The molecule has 2 heterocycles. The quantitative estimate of drug-likeness (QED) is 0.920. The van der Waals surface area contributed by atoms with E-state index in [1.54, 1.807) is 11.3 Å². The summed E-state index contributed by atoms with van der Waals surface area (Å²) in [5.74, 6) is 2.14. The fraction of sp³-hybridized carbons (Fsp3) is 0.786. The molecule has 0 aromatic carbocycles. The van der Waals surface area contributed by atoms with Crippen molar-refractivity contribution in [3.63, 3.8) is 0 Å². The van der Waals surface area contributed by atoms with Crippen molar-refractivity contribution in [3.05, 3.63) is 10.8 Å². The van der Waals surface area contributed by atoms with Gasteiger partial charge in [-0.1, -0.05) is 43.9 Å². The van der Waals surface area contributed by atoms with Crippen LogP contribution in [-0.4, -0.2) is 26.4 Å². The van der Waals surface area contributed by atoms with E-state index in [1.165, 1.54) is 32.1 Å². The van der Waals surface area contributed by atoms with Crippen LogP contribution in [0.2, 0.25) is 0 Å². The molecule has 1 aliphatic rings. The molecule has 1 aliphatic carbocycles. The van der Waals surface area contributed by atoms with Crippen LogP contribution in [0.15, 0.2) is 0 Å². The lowest BCUT2D eigenvalue weighted by Gasteiger charge is -2.18. The number of rotatable bonds is 5. The Morgan fingerprint density at radius 2 is 2.10 bits per heavy atom. The largest absolute Gasteiger partial charge is 0.330 e. The van der Waals surface area contributed by atoms with Crippen molar-refractivity contribution in [2.45, 2.75) is 57.8 Å². The molecule has 1 atom stereocenters. The number of nitrogens with two attached hydrogens (primary N) is 1. The molecule has 2 aromatic rings. The topological polar surface area (TPSA) is 69.1 Å². The Kier molecular flexibility index (Phi) is 4.31. The van der Waals surface area contributed by atoms with Gasteiger partial charge in [-0.25, -0.2) is 0 Å². The molecule has 0 aliphatic heterocycles. The zero-order valence-electron chi connectivity index (χ0n) is 12.1. The Bertz CT molecular complexity index is 551. The molecule has 20 heavy (non-hydrogen) atoms. The van der Waals surface area contributed by atoms with Crippen molar-refractivity contribution in [1.82, 2.24) is 19.8 Å². The van der Waals surface area contributed by atoms with E-state index in [4.69, 9.17) is 10.8 Å². The van der Waals surface area contributed by atoms with Crippen molar-refractivity contribution >= 4 is 16.3 Å². The Hall–Kier alpha value is -1.01. The fourth-order valence-corrected chi connectivity index (χ4v) is 3.97. The highest BCUT2D eigenvalue weighted by molar-refractivity contribution is 7.16. The first-order chi connectivity index (χ1) is 9.81. The maximum atomic E-state index is 5.79. The van der Waals surface area contributed by atoms with Crippen molar-refractivity contribution in [1.29, 1.82) is 0 Å². The van der Waals surface area contributed by atoms with E-state index in [-0.39, 0.29) is 0 Å². The highest BCUT2D eigenvalue weighted by atomic mass is 32.1. The van der Waals surface area contributed by atoms with Gasteiger partial charge in [0.15, 0.2) is 5.82 Å². The van der Waals surface area contributed by atoms with Crippen LogP contribution < -0.4 is 5.73 Å². The molecule has 5 nitrogen and oxygen atoms in total. The molecule has 0 amide bonds. The van der Waals surface area contributed by atoms with Crippen molar-refractivity contribution in [2.24, 2.45) is 11.7 Å². The summed E-state index contributed by atoms with van der Waals surface area (Å²) >= 11 is 1.66. The first kappa shape index (κ1) is 13.9. The van der Waals surface area contributed by atoms with E-state index in [9.17, 15) is 0 Å². The monoisotopic (exact) mass is 293 g/mol. The SMILES string of the molecule is CCC(CN)Cc1nn2c(C3CCCCC3)nnc2s1. The molecule has 0 spiro atoms. The second kappa shape index (κ2) is 6.18. The van der Waals surface area contributed by atoms with Gasteiger partial charge in [0.05, 0.1) is 0 Å². The fourth-order valence-electron chi connectivity index (χ4n) is 3.01. The van der Waals surface area contributed by atoms with Crippen LogP contribution >= 0.6 is 11.3 Å². The van der Waals surface area contributed by atoms with Gasteiger partial charge in [0, 0.05) is 12.3 Å². The van der Waals surface area contributed by atoms with E-state index in [0.717, 1.165) is 35.2 Å². The smallest absolute Gasteiger partial charge is 0.234 e. The Morgan fingerprint density at radius 3 is 2.80 bits per heavy atom. The highest BCUT2D eigenvalue weighted by Gasteiger charge is 2.23. The van der Waals surface area contributed by atoms with E-state index < -0.39 is 0 Å². The van der Waals surface area contributed by atoms with Gasteiger partial charge >= 0.3 is 0 Å². The van der Waals surface area contributed by atoms with Crippen molar-refractivity contribution in [3.8, 4) is 0 Å². The van der Waals surface area contributed by atoms with Gasteiger partial charge in [-0.3, -0.25) is 0 Å². The molecular weight excluding hydrogens is 270 g/mol. The molecule has 1 fully saturated rings. The van der Waals surface area contributed by atoms with Crippen LogP contribution in [0.1, 0.15) is 62.2 Å². The van der Waals surface area contributed by atoms with E-state index in [1.807, 2.05) is 4.52 Å². The Balaban J connectivity index is 1.82. The van der Waals surface area contributed by atoms with E-state index >= 15 is 0 Å². The van der Waals surface area contributed by atoms with Gasteiger partial charge in [-0.2, -0.15) is 9.61 Å². The lowest BCUT2D eigenvalue weighted by molar-refractivity contribution is 0.422. The summed E-state index contributed by atoms with van der Waals surface area (Å²) in [5.41, 5.74) is 5.79.